The number of benzene rings is 1. The Morgan fingerprint density at radius 1 is 1.25 bits per heavy atom. The van der Waals surface area contributed by atoms with Crippen LogP contribution in [0.1, 0.15) is 43.2 Å². The lowest BCUT2D eigenvalue weighted by Gasteiger charge is -2.32. The molecule has 3 heteroatoms. The van der Waals surface area contributed by atoms with Crippen molar-refractivity contribution in [1.29, 1.82) is 0 Å². The predicted molar refractivity (Wildman–Crippen MR) is 79.7 cm³/mol. The zero-order valence-electron chi connectivity index (χ0n) is 12.3. The first kappa shape index (κ1) is 13.9. The molecule has 0 aromatic heterocycles. The summed E-state index contributed by atoms with van der Waals surface area (Å²) in [5.41, 5.74) is 2.19. The minimum atomic E-state index is 0.100. The lowest BCUT2D eigenvalue weighted by molar-refractivity contribution is 0.174. The van der Waals surface area contributed by atoms with Gasteiger partial charge in [0, 0.05) is 18.2 Å². The van der Waals surface area contributed by atoms with Gasteiger partial charge in [0.2, 0.25) is 0 Å². The molecule has 1 aliphatic heterocycles. The average Bonchev–Trinajstić information content (AvgIpc) is 2.90. The van der Waals surface area contributed by atoms with E-state index in [0.717, 1.165) is 29.8 Å². The zero-order chi connectivity index (χ0) is 13.9. The Hall–Kier alpha value is -1.06. The van der Waals surface area contributed by atoms with Gasteiger partial charge in [-0.1, -0.05) is 18.9 Å². The first-order valence-corrected chi connectivity index (χ1v) is 7.82. The Labute approximate surface area is 121 Å². The van der Waals surface area contributed by atoms with Gasteiger partial charge in [-0.05, 0) is 49.4 Å². The van der Waals surface area contributed by atoms with E-state index in [2.05, 4.69) is 11.0 Å². The molecule has 0 radical (unpaired) electrons. The number of methoxy groups -OCH3 is 1. The van der Waals surface area contributed by atoms with Gasteiger partial charge in [0.05, 0.1) is 13.7 Å². The van der Waals surface area contributed by atoms with Crippen LogP contribution in [0.5, 0.6) is 5.75 Å². The van der Waals surface area contributed by atoms with Crippen LogP contribution in [-0.4, -0.2) is 29.7 Å². The Balaban J connectivity index is 1.76. The molecule has 2 aliphatic rings. The fourth-order valence-corrected chi connectivity index (χ4v) is 3.97. The molecule has 1 aromatic rings. The number of ether oxygens (including phenoxy) is 1. The van der Waals surface area contributed by atoms with Gasteiger partial charge in [-0.3, -0.25) is 4.90 Å². The number of hydrogen-bond acceptors (Lipinski definition) is 3. The minimum Gasteiger partial charge on any atom is -0.496 e. The maximum absolute atomic E-state index is 9.32. The molecule has 2 atom stereocenters. The fraction of sp³-hybridized carbons (Fsp3) is 0.647. The van der Waals surface area contributed by atoms with E-state index in [1.165, 1.54) is 44.2 Å². The molecule has 1 heterocycles. The molecule has 3 nitrogen and oxygen atoms in total. The van der Waals surface area contributed by atoms with Crippen molar-refractivity contribution in [3.05, 3.63) is 29.3 Å². The quantitative estimate of drug-likeness (QED) is 0.917. The number of aliphatic hydroxyl groups excluding tert-OH is 1. The van der Waals surface area contributed by atoms with Crippen molar-refractivity contribution in [2.24, 2.45) is 5.92 Å². The highest BCUT2D eigenvalue weighted by molar-refractivity contribution is 5.37. The van der Waals surface area contributed by atoms with Gasteiger partial charge >= 0.3 is 0 Å². The van der Waals surface area contributed by atoms with Gasteiger partial charge in [-0.25, -0.2) is 0 Å². The molecule has 1 aromatic carbocycles. The van der Waals surface area contributed by atoms with Crippen molar-refractivity contribution >= 4 is 0 Å². The Kier molecular flexibility index (Phi) is 4.27. The largest absolute Gasteiger partial charge is 0.496 e. The third-order valence-corrected chi connectivity index (χ3v) is 5.03. The Morgan fingerprint density at radius 3 is 2.90 bits per heavy atom. The highest BCUT2D eigenvalue weighted by Crippen LogP contribution is 2.37. The molecule has 0 spiro atoms. The van der Waals surface area contributed by atoms with Crippen LogP contribution in [0, 0.1) is 5.92 Å². The third kappa shape index (κ3) is 2.70. The lowest BCUT2D eigenvalue weighted by Crippen LogP contribution is -2.34. The molecule has 20 heavy (non-hydrogen) atoms. The average molecular weight is 275 g/mol. The second kappa shape index (κ2) is 6.15. The summed E-state index contributed by atoms with van der Waals surface area (Å²) >= 11 is 0. The fourth-order valence-electron chi connectivity index (χ4n) is 3.97. The van der Waals surface area contributed by atoms with Crippen molar-refractivity contribution in [3.63, 3.8) is 0 Å². The highest BCUT2D eigenvalue weighted by atomic mass is 16.5. The smallest absolute Gasteiger partial charge is 0.123 e. The monoisotopic (exact) mass is 275 g/mol. The van der Waals surface area contributed by atoms with Crippen molar-refractivity contribution in [2.75, 3.05) is 13.7 Å². The second-order valence-electron chi connectivity index (χ2n) is 6.18. The van der Waals surface area contributed by atoms with E-state index in [9.17, 15) is 5.11 Å². The van der Waals surface area contributed by atoms with Crippen LogP contribution in [-0.2, 0) is 13.2 Å². The van der Waals surface area contributed by atoms with Gasteiger partial charge in [0.15, 0.2) is 0 Å². The van der Waals surface area contributed by atoms with Crippen molar-refractivity contribution in [1.82, 2.24) is 4.90 Å². The van der Waals surface area contributed by atoms with E-state index in [1.807, 2.05) is 12.1 Å². The summed E-state index contributed by atoms with van der Waals surface area (Å²) in [7, 11) is 1.73. The van der Waals surface area contributed by atoms with E-state index in [1.54, 1.807) is 7.11 Å². The van der Waals surface area contributed by atoms with E-state index in [0.29, 0.717) is 0 Å². The molecule has 2 unspecified atom stereocenters. The number of rotatable bonds is 4. The summed E-state index contributed by atoms with van der Waals surface area (Å²) in [4.78, 5) is 2.63. The molecule has 3 rings (SSSR count). The molecule has 1 N–H and O–H groups in total. The molecule has 2 fully saturated rings. The molecule has 0 bridgehead atoms. The normalized spacial score (nSPS) is 26.5. The predicted octanol–water partition coefficient (Wildman–Crippen LogP) is 2.95. The van der Waals surface area contributed by atoms with E-state index >= 15 is 0 Å². The van der Waals surface area contributed by atoms with Crippen LogP contribution in [0.25, 0.3) is 0 Å². The van der Waals surface area contributed by atoms with Crippen molar-refractivity contribution in [3.8, 4) is 5.75 Å². The molecular weight excluding hydrogens is 250 g/mol. The van der Waals surface area contributed by atoms with Crippen LogP contribution < -0.4 is 4.74 Å². The topological polar surface area (TPSA) is 32.7 Å². The van der Waals surface area contributed by atoms with Crippen molar-refractivity contribution < 1.29 is 9.84 Å². The Morgan fingerprint density at radius 2 is 2.10 bits per heavy atom. The van der Waals surface area contributed by atoms with Crippen LogP contribution in [0.15, 0.2) is 18.2 Å². The lowest BCUT2D eigenvalue weighted by atomic mass is 9.85. The number of nitrogens with zero attached hydrogens (tertiary/aromatic N) is 1. The maximum atomic E-state index is 9.32. The van der Waals surface area contributed by atoms with E-state index < -0.39 is 0 Å². The summed E-state index contributed by atoms with van der Waals surface area (Å²) in [5, 5.41) is 9.32. The van der Waals surface area contributed by atoms with Gasteiger partial charge in [0.1, 0.15) is 5.75 Å². The minimum absolute atomic E-state index is 0.100. The summed E-state index contributed by atoms with van der Waals surface area (Å²) in [5.74, 6) is 1.86. The standard InChI is InChI=1S/C17H25NO2/c1-20-17-7-6-13(12-19)10-15(17)11-18-9-8-14-4-2-3-5-16(14)18/h6-7,10,14,16,19H,2-5,8-9,11-12H2,1H3. The van der Waals surface area contributed by atoms with E-state index in [-0.39, 0.29) is 6.61 Å². The highest BCUT2D eigenvalue weighted by Gasteiger charge is 2.35. The molecule has 1 aliphatic carbocycles. The first-order valence-electron chi connectivity index (χ1n) is 7.82. The van der Waals surface area contributed by atoms with Crippen molar-refractivity contribution in [2.45, 2.75) is 51.3 Å². The third-order valence-electron chi connectivity index (χ3n) is 5.03. The van der Waals surface area contributed by atoms with Gasteiger partial charge in [-0.2, -0.15) is 0 Å². The maximum Gasteiger partial charge on any atom is 0.123 e. The Bertz CT molecular complexity index is 460. The SMILES string of the molecule is COc1ccc(CO)cc1CN1CCC2CCCCC21. The van der Waals surface area contributed by atoms with E-state index in [4.69, 9.17) is 4.74 Å². The first-order chi connectivity index (χ1) is 9.81. The number of aliphatic hydroxyl groups is 1. The van der Waals surface area contributed by atoms with Gasteiger partial charge in [-0.15, -0.1) is 0 Å². The van der Waals surface area contributed by atoms with Gasteiger partial charge < -0.3 is 9.84 Å². The number of fused-ring (bicyclic) bond motifs is 1. The summed E-state index contributed by atoms with van der Waals surface area (Å²) in [6, 6.07) is 6.78. The van der Waals surface area contributed by atoms with Crippen LogP contribution >= 0.6 is 0 Å². The number of hydrogen-bond donors (Lipinski definition) is 1. The molecular formula is C17H25NO2. The van der Waals surface area contributed by atoms with Crippen LogP contribution in [0.2, 0.25) is 0 Å². The van der Waals surface area contributed by atoms with Gasteiger partial charge in [0.25, 0.3) is 0 Å². The summed E-state index contributed by atoms with van der Waals surface area (Å²) in [6.07, 6.45) is 6.91. The van der Waals surface area contributed by atoms with Crippen LogP contribution in [0.3, 0.4) is 0 Å². The molecule has 110 valence electrons. The molecule has 1 saturated carbocycles. The number of likely N-dealkylation sites (tertiary alicyclic amines) is 1. The molecule has 0 amide bonds. The second-order valence-corrected chi connectivity index (χ2v) is 6.18. The molecule has 1 saturated heterocycles. The summed E-state index contributed by atoms with van der Waals surface area (Å²) < 4.78 is 5.48. The van der Waals surface area contributed by atoms with Crippen LogP contribution in [0.4, 0.5) is 0 Å². The summed E-state index contributed by atoms with van der Waals surface area (Å²) in [6.45, 7) is 2.27. The zero-order valence-corrected chi connectivity index (χ0v) is 12.3.